The van der Waals surface area contributed by atoms with Gasteiger partial charge in [0, 0.05) is 13.1 Å². The van der Waals surface area contributed by atoms with Crippen molar-refractivity contribution >= 4 is 12.0 Å². The summed E-state index contributed by atoms with van der Waals surface area (Å²) in [5.74, 6) is -0.915. The zero-order valence-electron chi connectivity index (χ0n) is 10.8. The van der Waals surface area contributed by atoms with E-state index in [4.69, 9.17) is 0 Å². The average Bonchev–Trinajstić information content (AvgIpc) is 2.23. The van der Waals surface area contributed by atoms with Gasteiger partial charge in [0.2, 0.25) is 0 Å². The summed E-state index contributed by atoms with van der Waals surface area (Å²) in [5, 5.41) is 12.0. The fourth-order valence-electron chi connectivity index (χ4n) is 2.41. The van der Waals surface area contributed by atoms with Crippen LogP contribution in [0, 0.1) is 5.41 Å². The molecule has 0 radical (unpaired) electrons. The molecule has 1 unspecified atom stereocenters. The Morgan fingerprint density at radius 1 is 1.47 bits per heavy atom. The summed E-state index contributed by atoms with van der Waals surface area (Å²) in [6, 6.07) is -0.986. The number of aliphatic carboxylic acids is 1. The number of nitrogens with zero attached hydrogens (tertiary/aromatic N) is 1. The highest BCUT2D eigenvalue weighted by Gasteiger charge is 2.44. The lowest BCUT2D eigenvalue weighted by atomic mass is 9.76. The van der Waals surface area contributed by atoms with Crippen LogP contribution in [0.5, 0.6) is 0 Å². The fraction of sp³-hybridized carbons (Fsp3) is 0.833. The van der Waals surface area contributed by atoms with Crippen molar-refractivity contribution in [3.63, 3.8) is 0 Å². The van der Waals surface area contributed by atoms with Crippen molar-refractivity contribution in [2.45, 2.75) is 46.1 Å². The van der Waals surface area contributed by atoms with Gasteiger partial charge in [-0.3, -0.25) is 0 Å². The second-order valence-electron chi connectivity index (χ2n) is 5.26. The zero-order valence-corrected chi connectivity index (χ0v) is 10.8. The molecule has 0 bridgehead atoms. The summed E-state index contributed by atoms with van der Waals surface area (Å²) >= 11 is 0. The highest BCUT2D eigenvalue weighted by Crippen LogP contribution is 2.35. The number of rotatable bonds is 3. The Kier molecular flexibility index (Phi) is 4.37. The molecule has 17 heavy (non-hydrogen) atoms. The van der Waals surface area contributed by atoms with Gasteiger partial charge in [0.05, 0.1) is 0 Å². The second-order valence-corrected chi connectivity index (χ2v) is 5.26. The van der Waals surface area contributed by atoms with Crippen LogP contribution >= 0.6 is 0 Å². The molecule has 0 aromatic rings. The van der Waals surface area contributed by atoms with Crippen LogP contribution < -0.4 is 5.32 Å². The van der Waals surface area contributed by atoms with Crippen LogP contribution in [-0.2, 0) is 4.79 Å². The van der Waals surface area contributed by atoms with Gasteiger partial charge in [-0.25, -0.2) is 9.59 Å². The van der Waals surface area contributed by atoms with Crippen molar-refractivity contribution in [1.82, 2.24) is 10.2 Å². The first-order chi connectivity index (χ1) is 7.90. The normalized spacial score (nSPS) is 23.2. The maximum atomic E-state index is 11.9. The van der Waals surface area contributed by atoms with Gasteiger partial charge in [-0.15, -0.1) is 0 Å². The average molecular weight is 242 g/mol. The number of nitrogens with one attached hydrogen (secondary N) is 1. The van der Waals surface area contributed by atoms with E-state index in [9.17, 15) is 14.7 Å². The topological polar surface area (TPSA) is 69.6 Å². The Labute approximate surface area is 102 Å². The van der Waals surface area contributed by atoms with E-state index in [1.165, 1.54) is 4.90 Å². The van der Waals surface area contributed by atoms with Gasteiger partial charge in [-0.1, -0.05) is 20.8 Å². The molecule has 1 fully saturated rings. The smallest absolute Gasteiger partial charge is 0.327 e. The van der Waals surface area contributed by atoms with E-state index in [2.05, 4.69) is 5.32 Å². The van der Waals surface area contributed by atoms with Crippen molar-refractivity contribution in [3.05, 3.63) is 0 Å². The lowest BCUT2D eigenvalue weighted by molar-refractivity contribution is -0.148. The molecule has 0 spiro atoms. The molecule has 2 N–H and O–H groups in total. The van der Waals surface area contributed by atoms with Gasteiger partial charge in [-0.05, 0) is 24.7 Å². The molecule has 1 atom stereocenters. The maximum Gasteiger partial charge on any atom is 0.327 e. The standard InChI is InChI=1S/C12H22N2O3/c1-4-7-13-11(17)14-8-5-6-12(2,3)9(14)10(15)16/h9H,4-8H2,1-3H3,(H,13,17)(H,15,16). The maximum absolute atomic E-state index is 11.9. The van der Waals surface area contributed by atoms with Gasteiger partial charge in [0.15, 0.2) is 0 Å². The summed E-state index contributed by atoms with van der Waals surface area (Å²) in [5.41, 5.74) is -0.367. The van der Waals surface area contributed by atoms with E-state index in [1.807, 2.05) is 20.8 Å². The Bertz CT molecular complexity index is 302. The molecule has 0 aromatic heterocycles. The molecule has 1 saturated heterocycles. The first kappa shape index (κ1) is 13.8. The number of carbonyl (C=O) groups is 2. The summed E-state index contributed by atoms with van der Waals surface area (Å²) in [7, 11) is 0. The van der Waals surface area contributed by atoms with E-state index in [-0.39, 0.29) is 11.4 Å². The number of urea groups is 1. The molecule has 1 rings (SSSR count). The van der Waals surface area contributed by atoms with Crippen LogP contribution in [0.4, 0.5) is 4.79 Å². The molecule has 1 aliphatic heterocycles. The minimum Gasteiger partial charge on any atom is -0.480 e. The lowest BCUT2D eigenvalue weighted by Crippen LogP contribution is -2.58. The Morgan fingerprint density at radius 2 is 2.12 bits per heavy atom. The van der Waals surface area contributed by atoms with Gasteiger partial charge < -0.3 is 15.3 Å². The molecule has 2 amide bonds. The molecular weight excluding hydrogens is 220 g/mol. The monoisotopic (exact) mass is 242 g/mol. The third kappa shape index (κ3) is 3.11. The van der Waals surface area contributed by atoms with E-state index in [0.29, 0.717) is 13.1 Å². The molecule has 5 heteroatoms. The van der Waals surface area contributed by atoms with Crippen molar-refractivity contribution in [3.8, 4) is 0 Å². The summed E-state index contributed by atoms with van der Waals surface area (Å²) < 4.78 is 0. The minimum absolute atomic E-state index is 0.257. The molecule has 5 nitrogen and oxygen atoms in total. The van der Waals surface area contributed by atoms with E-state index in [0.717, 1.165) is 19.3 Å². The number of amides is 2. The number of carboxylic acids is 1. The van der Waals surface area contributed by atoms with Crippen LogP contribution in [0.2, 0.25) is 0 Å². The van der Waals surface area contributed by atoms with Crippen LogP contribution in [0.25, 0.3) is 0 Å². The number of piperidine rings is 1. The molecule has 1 aliphatic rings. The Morgan fingerprint density at radius 3 is 2.65 bits per heavy atom. The summed E-state index contributed by atoms with van der Waals surface area (Å²) in [6.07, 6.45) is 2.54. The highest BCUT2D eigenvalue weighted by molar-refractivity contribution is 5.83. The van der Waals surface area contributed by atoms with E-state index in [1.54, 1.807) is 0 Å². The van der Waals surface area contributed by atoms with Crippen LogP contribution in [0.15, 0.2) is 0 Å². The van der Waals surface area contributed by atoms with Gasteiger partial charge >= 0.3 is 12.0 Å². The predicted molar refractivity (Wildman–Crippen MR) is 64.8 cm³/mol. The summed E-state index contributed by atoms with van der Waals surface area (Å²) in [4.78, 5) is 24.7. The third-order valence-corrected chi connectivity index (χ3v) is 3.29. The van der Waals surface area contributed by atoms with Crippen molar-refractivity contribution < 1.29 is 14.7 Å². The fourth-order valence-corrected chi connectivity index (χ4v) is 2.41. The quantitative estimate of drug-likeness (QED) is 0.791. The third-order valence-electron chi connectivity index (χ3n) is 3.29. The number of carbonyl (C=O) groups excluding carboxylic acids is 1. The minimum atomic E-state index is -0.915. The van der Waals surface area contributed by atoms with E-state index >= 15 is 0 Å². The highest BCUT2D eigenvalue weighted by atomic mass is 16.4. The second kappa shape index (κ2) is 5.38. The van der Waals surface area contributed by atoms with Gasteiger partial charge in [0.1, 0.15) is 6.04 Å². The van der Waals surface area contributed by atoms with Crippen molar-refractivity contribution in [2.24, 2.45) is 5.41 Å². The largest absolute Gasteiger partial charge is 0.480 e. The number of carboxylic acid groups (broad SMARTS) is 1. The molecular formula is C12H22N2O3. The molecule has 0 saturated carbocycles. The van der Waals surface area contributed by atoms with Crippen LogP contribution in [-0.4, -0.2) is 41.1 Å². The molecule has 0 aliphatic carbocycles. The molecule has 0 aromatic carbocycles. The predicted octanol–water partition coefficient (Wildman–Crippen LogP) is 1.68. The van der Waals surface area contributed by atoms with E-state index < -0.39 is 12.0 Å². The zero-order chi connectivity index (χ0) is 13.1. The first-order valence-electron chi connectivity index (χ1n) is 6.17. The Hall–Kier alpha value is -1.26. The Balaban J connectivity index is 2.81. The molecule has 98 valence electrons. The number of hydrogen-bond donors (Lipinski definition) is 2. The van der Waals surface area contributed by atoms with Crippen LogP contribution in [0.1, 0.15) is 40.0 Å². The van der Waals surface area contributed by atoms with Gasteiger partial charge in [-0.2, -0.15) is 0 Å². The van der Waals surface area contributed by atoms with Gasteiger partial charge in [0.25, 0.3) is 0 Å². The first-order valence-corrected chi connectivity index (χ1v) is 6.17. The summed E-state index contributed by atoms with van der Waals surface area (Å²) in [6.45, 7) is 6.89. The molecule has 1 heterocycles. The van der Waals surface area contributed by atoms with Crippen LogP contribution in [0.3, 0.4) is 0 Å². The van der Waals surface area contributed by atoms with Crippen molar-refractivity contribution in [2.75, 3.05) is 13.1 Å². The SMILES string of the molecule is CCCNC(=O)N1CCCC(C)(C)C1C(=O)O. The number of likely N-dealkylation sites (tertiary alicyclic amines) is 1. The van der Waals surface area contributed by atoms with Crippen molar-refractivity contribution in [1.29, 1.82) is 0 Å². The lowest BCUT2D eigenvalue weighted by Gasteiger charge is -2.43. The number of hydrogen-bond acceptors (Lipinski definition) is 2.